The van der Waals surface area contributed by atoms with Gasteiger partial charge in [-0.3, -0.25) is 18.6 Å². The van der Waals surface area contributed by atoms with E-state index < -0.39 is 38.6 Å². The van der Waals surface area contributed by atoms with Gasteiger partial charge < -0.3 is 24.0 Å². The zero-order chi connectivity index (χ0) is 43.7. The fraction of sp³-hybridized carbons (Fsp3) is 0.625. The minimum absolute atomic E-state index is 0.00366. The van der Waals surface area contributed by atoms with Crippen molar-refractivity contribution < 1.29 is 47.2 Å². The normalized spacial score (nSPS) is 15.0. The van der Waals surface area contributed by atoms with Crippen molar-refractivity contribution >= 4 is 19.8 Å². The molecule has 0 saturated carbocycles. The molecule has 0 bridgehead atoms. The zero-order valence-electron chi connectivity index (χ0n) is 37.3. The summed E-state index contributed by atoms with van der Waals surface area (Å²) >= 11 is 0. The predicted molar refractivity (Wildman–Crippen MR) is 244 cm³/mol. The van der Waals surface area contributed by atoms with Gasteiger partial charge in [-0.1, -0.05) is 143 Å². The van der Waals surface area contributed by atoms with Crippen LogP contribution in [0.1, 0.15) is 136 Å². The zero-order valence-corrected chi connectivity index (χ0v) is 38.2. The number of carbonyl (C=O) groups is 2. The minimum Gasteiger partial charge on any atom is -0.462 e. The topological polar surface area (TPSA) is 129 Å². The Balaban J connectivity index is 4.58. The van der Waals surface area contributed by atoms with E-state index in [1.165, 1.54) is 19.3 Å². The van der Waals surface area contributed by atoms with Gasteiger partial charge in [0, 0.05) is 12.8 Å². The highest BCUT2D eigenvalue weighted by Crippen LogP contribution is 2.43. The third-order valence-electron chi connectivity index (χ3n) is 8.69. The van der Waals surface area contributed by atoms with E-state index in [4.69, 9.17) is 18.5 Å². The molecule has 59 heavy (non-hydrogen) atoms. The van der Waals surface area contributed by atoms with Gasteiger partial charge in [-0.2, -0.15) is 0 Å². The quantitative estimate of drug-likeness (QED) is 0.0156. The van der Waals surface area contributed by atoms with Crippen LogP contribution in [0.2, 0.25) is 0 Å². The second-order valence-corrected chi connectivity index (χ2v) is 17.0. The summed E-state index contributed by atoms with van der Waals surface area (Å²) in [5.41, 5.74) is 0. The molecule has 2 N–H and O–H groups in total. The van der Waals surface area contributed by atoms with Crippen molar-refractivity contribution in [3.8, 4) is 0 Å². The number of likely N-dealkylation sites (N-methyl/N-ethyl adjacent to an activating group) is 1. The van der Waals surface area contributed by atoms with Crippen molar-refractivity contribution in [3.05, 3.63) is 97.2 Å². The van der Waals surface area contributed by atoms with Gasteiger partial charge in [0.05, 0.1) is 33.9 Å². The lowest BCUT2D eigenvalue weighted by Gasteiger charge is -2.24. The molecule has 336 valence electrons. The number of hydrogen-bond acceptors (Lipinski definition) is 8. The number of ether oxygens (including phenoxy) is 2. The summed E-state index contributed by atoms with van der Waals surface area (Å²) in [7, 11) is 1.38. The summed E-state index contributed by atoms with van der Waals surface area (Å²) in [5, 5.41) is 10.0. The van der Waals surface area contributed by atoms with Crippen LogP contribution in [0.25, 0.3) is 0 Å². The van der Waals surface area contributed by atoms with Gasteiger partial charge in [0.1, 0.15) is 19.8 Å². The molecule has 0 amide bonds. The molecule has 3 atom stereocenters. The molecule has 0 spiro atoms. The molecule has 0 rings (SSSR count). The number of carbonyl (C=O) groups excluding carboxylic acids is 2. The van der Waals surface area contributed by atoms with Crippen molar-refractivity contribution in [2.75, 3.05) is 47.5 Å². The van der Waals surface area contributed by atoms with E-state index >= 15 is 0 Å². The standard InChI is InChI=1S/C48H80NO9P/c1-6-8-10-12-14-15-16-17-18-19-20-25-28-32-36-40-48(52)58-46(44-57-59(53,54)56-42-41-49(3,4)5)43-55-47(51)39-35-31-27-24-22-21-23-26-30-34-38-45(50)37-33-29-13-11-9-7-2/h9,11,14-15,17-18,21-22,26-27,29-31,33-34,38,45-46,50H,6-8,10,12-13,16,19-20,23-25,28,32,35-37,39-44H2,1-5H3/p+1/b11-9-,15-14-,18-17-,22-21-,30-26-,31-27-,33-29-,38-34+/t45?,46-/m1/s1. The van der Waals surface area contributed by atoms with Gasteiger partial charge in [-0.25, -0.2) is 4.57 Å². The molecule has 0 heterocycles. The first kappa shape index (κ1) is 55.9. The summed E-state index contributed by atoms with van der Waals surface area (Å²) in [6, 6.07) is 0. The summed E-state index contributed by atoms with van der Waals surface area (Å²) in [5.74, 6) is -0.953. The van der Waals surface area contributed by atoms with Crippen LogP contribution in [0.5, 0.6) is 0 Å². The molecular formula is C48H81NO9P+. The summed E-state index contributed by atoms with van der Waals surface area (Å²) < 4.78 is 34.2. The van der Waals surface area contributed by atoms with Gasteiger partial charge in [0.25, 0.3) is 0 Å². The SMILES string of the molecule is CC/C=C\C/C=C\CC(O)/C=C/C=C\C/C=C\C/C=C\CCC(=O)OC[C@H](COP(=O)(O)OCC[N+](C)(C)C)OC(=O)CCCCCCC/C=C\C/C=C\CCCCC. The van der Waals surface area contributed by atoms with E-state index in [0.29, 0.717) is 30.3 Å². The Morgan fingerprint density at radius 2 is 1.20 bits per heavy atom. The number of allylic oxidation sites excluding steroid dienone is 14. The third-order valence-corrected chi connectivity index (χ3v) is 9.68. The first-order valence-corrected chi connectivity index (χ1v) is 23.6. The molecule has 2 unspecified atom stereocenters. The molecule has 0 radical (unpaired) electrons. The van der Waals surface area contributed by atoms with Crippen molar-refractivity contribution in [1.29, 1.82) is 0 Å². The Labute approximate surface area is 358 Å². The maximum absolute atomic E-state index is 12.7. The lowest BCUT2D eigenvalue weighted by atomic mass is 10.1. The van der Waals surface area contributed by atoms with E-state index in [-0.39, 0.29) is 26.1 Å². The van der Waals surface area contributed by atoms with Gasteiger partial charge in [-0.15, -0.1) is 0 Å². The minimum atomic E-state index is -4.41. The molecule has 0 aromatic rings. The number of aliphatic hydroxyl groups is 1. The predicted octanol–water partition coefficient (Wildman–Crippen LogP) is 11.5. The number of nitrogens with zero attached hydrogens (tertiary/aromatic N) is 1. The maximum Gasteiger partial charge on any atom is 0.472 e. The highest BCUT2D eigenvalue weighted by Gasteiger charge is 2.27. The number of quaternary nitrogens is 1. The van der Waals surface area contributed by atoms with Gasteiger partial charge >= 0.3 is 19.8 Å². The van der Waals surface area contributed by atoms with E-state index in [0.717, 1.165) is 70.6 Å². The van der Waals surface area contributed by atoms with Crippen LogP contribution in [0, 0.1) is 0 Å². The van der Waals surface area contributed by atoms with Crippen molar-refractivity contribution in [1.82, 2.24) is 0 Å². The van der Waals surface area contributed by atoms with E-state index in [2.05, 4.69) is 56.4 Å². The number of esters is 2. The van der Waals surface area contributed by atoms with Crippen molar-refractivity contribution in [3.63, 3.8) is 0 Å². The Bertz CT molecular complexity index is 1340. The lowest BCUT2D eigenvalue weighted by Crippen LogP contribution is -2.37. The summed E-state index contributed by atoms with van der Waals surface area (Å²) in [6.07, 6.45) is 47.8. The number of rotatable bonds is 38. The molecule has 0 aliphatic rings. The van der Waals surface area contributed by atoms with Gasteiger partial charge in [0.2, 0.25) is 0 Å². The third kappa shape index (κ3) is 42.8. The summed E-state index contributed by atoms with van der Waals surface area (Å²) in [4.78, 5) is 35.3. The van der Waals surface area contributed by atoms with Crippen molar-refractivity contribution in [2.24, 2.45) is 0 Å². The largest absolute Gasteiger partial charge is 0.472 e. The number of aliphatic hydroxyl groups excluding tert-OH is 1. The average molecular weight is 847 g/mol. The van der Waals surface area contributed by atoms with Crippen LogP contribution < -0.4 is 0 Å². The second-order valence-electron chi connectivity index (χ2n) is 15.5. The van der Waals surface area contributed by atoms with E-state index in [9.17, 15) is 24.2 Å². The number of hydrogen-bond donors (Lipinski definition) is 2. The Kier molecular flexibility index (Phi) is 37.0. The Hall–Kier alpha value is -3.11. The highest BCUT2D eigenvalue weighted by atomic mass is 31.2. The molecule has 0 fully saturated rings. The molecule has 0 aromatic heterocycles. The fourth-order valence-corrected chi connectivity index (χ4v) is 5.95. The van der Waals surface area contributed by atoms with Crippen LogP contribution in [-0.4, -0.2) is 86.1 Å². The number of phosphoric acid groups is 1. The van der Waals surface area contributed by atoms with Crippen LogP contribution in [0.15, 0.2) is 97.2 Å². The van der Waals surface area contributed by atoms with Gasteiger partial charge in [0.15, 0.2) is 6.10 Å². The molecule has 0 aliphatic carbocycles. The van der Waals surface area contributed by atoms with E-state index in [1.54, 1.807) is 6.08 Å². The first-order valence-electron chi connectivity index (χ1n) is 22.1. The lowest BCUT2D eigenvalue weighted by molar-refractivity contribution is -0.870. The maximum atomic E-state index is 12.7. The number of unbranched alkanes of at least 4 members (excludes halogenated alkanes) is 8. The highest BCUT2D eigenvalue weighted by molar-refractivity contribution is 7.47. The smallest absolute Gasteiger partial charge is 0.462 e. The molecule has 0 aromatic carbocycles. The number of phosphoric ester groups is 1. The molecular weight excluding hydrogens is 765 g/mol. The average Bonchev–Trinajstić information content (AvgIpc) is 3.18. The van der Waals surface area contributed by atoms with Crippen LogP contribution >= 0.6 is 7.82 Å². The molecule has 0 saturated heterocycles. The Morgan fingerprint density at radius 1 is 0.627 bits per heavy atom. The second kappa shape index (κ2) is 39.1. The van der Waals surface area contributed by atoms with Crippen LogP contribution in [0.3, 0.4) is 0 Å². The fourth-order valence-electron chi connectivity index (χ4n) is 5.21. The van der Waals surface area contributed by atoms with Crippen LogP contribution in [0.4, 0.5) is 0 Å². The molecule has 11 heteroatoms. The van der Waals surface area contributed by atoms with Gasteiger partial charge in [-0.05, 0) is 77.0 Å². The van der Waals surface area contributed by atoms with Crippen LogP contribution in [-0.2, 0) is 32.7 Å². The van der Waals surface area contributed by atoms with Crippen molar-refractivity contribution in [2.45, 2.75) is 148 Å². The summed E-state index contributed by atoms with van der Waals surface area (Å²) in [6.45, 7) is 4.07. The first-order chi connectivity index (χ1) is 28.4. The van der Waals surface area contributed by atoms with E-state index in [1.807, 2.05) is 69.8 Å². The molecule has 10 nitrogen and oxygen atoms in total. The monoisotopic (exact) mass is 847 g/mol. The molecule has 0 aliphatic heterocycles. The Morgan fingerprint density at radius 3 is 1.86 bits per heavy atom.